The fourth-order valence-electron chi connectivity index (χ4n) is 4.46. The zero-order chi connectivity index (χ0) is 17.2. The van der Waals surface area contributed by atoms with Crippen LogP contribution < -0.4 is 0 Å². The highest BCUT2D eigenvalue weighted by Crippen LogP contribution is 2.48. The molecule has 5 unspecified atom stereocenters. The lowest BCUT2D eigenvalue weighted by Gasteiger charge is -2.53. The molecule has 0 spiro atoms. The maximum absolute atomic E-state index is 6.56. The number of ether oxygens (including phenoxy) is 2. The molecule has 1 saturated heterocycles. The topological polar surface area (TPSA) is 18.5 Å². The minimum Gasteiger partial charge on any atom is -0.350 e. The van der Waals surface area contributed by atoms with Crippen molar-refractivity contribution in [3.63, 3.8) is 0 Å². The fourth-order valence-corrected chi connectivity index (χ4v) is 4.46. The Hall–Kier alpha value is -0.0800. The third kappa shape index (κ3) is 4.47. The second-order valence-corrected chi connectivity index (χ2v) is 8.86. The van der Waals surface area contributed by atoms with E-state index in [0.717, 1.165) is 0 Å². The van der Waals surface area contributed by atoms with Gasteiger partial charge in [-0.3, -0.25) is 0 Å². The Morgan fingerprint density at radius 2 is 1.05 bits per heavy atom. The summed E-state index contributed by atoms with van der Waals surface area (Å²) in [5.41, 5.74) is 0. The lowest BCUT2D eigenvalue weighted by Crippen LogP contribution is -2.55. The molecule has 0 aromatic carbocycles. The van der Waals surface area contributed by atoms with Crippen LogP contribution >= 0.6 is 0 Å². The first-order valence-corrected chi connectivity index (χ1v) is 9.38. The van der Waals surface area contributed by atoms with E-state index < -0.39 is 0 Å². The van der Waals surface area contributed by atoms with E-state index in [0.29, 0.717) is 47.5 Å². The van der Waals surface area contributed by atoms with Crippen molar-refractivity contribution in [1.29, 1.82) is 0 Å². The Morgan fingerprint density at radius 3 is 1.36 bits per heavy atom. The summed E-state index contributed by atoms with van der Waals surface area (Å²) >= 11 is 0. The van der Waals surface area contributed by atoms with Crippen LogP contribution in [0, 0.1) is 41.4 Å². The zero-order valence-electron chi connectivity index (χ0n) is 16.6. The van der Waals surface area contributed by atoms with Crippen LogP contribution in [-0.2, 0) is 9.47 Å². The maximum atomic E-state index is 6.56. The summed E-state index contributed by atoms with van der Waals surface area (Å²) in [4.78, 5) is 0. The first kappa shape index (κ1) is 20.0. The minimum atomic E-state index is -0.0604. The standard InChI is InChI=1S/C20H40O2/c1-11(2)16-17(12(3)4)19(14(7)8)22-20(21-15(9)10)18(16)13(5)6/h11-20H,1-10H3. The van der Waals surface area contributed by atoms with Crippen LogP contribution in [0.5, 0.6) is 0 Å². The van der Waals surface area contributed by atoms with Gasteiger partial charge in [-0.15, -0.1) is 0 Å². The van der Waals surface area contributed by atoms with Gasteiger partial charge in [-0.05, 0) is 49.4 Å². The number of hydrogen-bond donors (Lipinski definition) is 0. The molecular formula is C20H40O2. The lowest BCUT2D eigenvalue weighted by molar-refractivity contribution is -0.292. The first-order chi connectivity index (χ1) is 10.1. The van der Waals surface area contributed by atoms with Gasteiger partial charge in [-0.25, -0.2) is 0 Å². The molecule has 2 nitrogen and oxygen atoms in total. The molecule has 1 aliphatic rings. The van der Waals surface area contributed by atoms with Crippen LogP contribution in [0.1, 0.15) is 69.2 Å². The molecule has 1 rings (SSSR count). The molecule has 2 heteroatoms. The Kier molecular flexibility index (Phi) is 7.39. The molecule has 0 aromatic heterocycles. The van der Waals surface area contributed by atoms with Crippen LogP contribution in [0.25, 0.3) is 0 Å². The summed E-state index contributed by atoms with van der Waals surface area (Å²) in [5, 5.41) is 0. The lowest BCUT2D eigenvalue weighted by atomic mass is 9.62. The summed E-state index contributed by atoms with van der Waals surface area (Å²) in [6, 6.07) is 0. The van der Waals surface area contributed by atoms with E-state index >= 15 is 0 Å². The van der Waals surface area contributed by atoms with Gasteiger partial charge in [0.05, 0.1) is 12.2 Å². The third-order valence-electron chi connectivity index (χ3n) is 5.25. The molecular weight excluding hydrogens is 272 g/mol. The van der Waals surface area contributed by atoms with E-state index in [1.165, 1.54) is 0 Å². The largest absolute Gasteiger partial charge is 0.350 e. The Bertz CT molecular complexity index is 320. The fraction of sp³-hybridized carbons (Fsp3) is 1.00. The van der Waals surface area contributed by atoms with Gasteiger partial charge in [0, 0.05) is 5.92 Å². The molecule has 5 atom stereocenters. The average Bonchev–Trinajstić information content (AvgIpc) is 2.35. The number of rotatable bonds is 6. The predicted octanol–water partition coefficient (Wildman–Crippen LogP) is 5.61. The van der Waals surface area contributed by atoms with E-state index in [1.807, 2.05) is 0 Å². The zero-order valence-corrected chi connectivity index (χ0v) is 16.6. The van der Waals surface area contributed by atoms with Crippen molar-refractivity contribution < 1.29 is 9.47 Å². The Labute approximate surface area is 139 Å². The number of hydrogen-bond acceptors (Lipinski definition) is 2. The third-order valence-corrected chi connectivity index (χ3v) is 5.25. The summed E-state index contributed by atoms with van der Waals surface area (Å²) in [5.74, 6) is 4.14. The summed E-state index contributed by atoms with van der Waals surface area (Å²) in [7, 11) is 0. The molecule has 0 bridgehead atoms. The highest BCUT2D eigenvalue weighted by Gasteiger charge is 2.50. The molecule has 0 saturated carbocycles. The van der Waals surface area contributed by atoms with Crippen LogP contribution in [-0.4, -0.2) is 18.5 Å². The molecule has 1 fully saturated rings. The van der Waals surface area contributed by atoms with E-state index in [9.17, 15) is 0 Å². The van der Waals surface area contributed by atoms with Gasteiger partial charge in [0.15, 0.2) is 6.29 Å². The molecule has 22 heavy (non-hydrogen) atoms. The monoisotopic (exact) mass is 312 g/mol. The highest BCUT2D eigenvalue weighted by molar-refractivity contribution is 4.94. The van der Waals surface area contributed by atoms with Crippen molar-refractivity contribution in [2.45, 2.75) is 87.7 Å². The molecule has 0 aromatic rings. The minimum absolute atomic E-state index is 0.0604. The smallest absolute Gasteiger partial charge is 0.161 e. The van der Waals surface area contributed by atoms with Gasteiger partial charge >= 0.3 is 0 Å². The van der Waals surface area contributed by atoms with Gasteiger partial charge < -0.3 is 9.47 Å². The van der Waals surface area contributed by atoms with Gasteiger partial charge in [-0.2, -0.15) is 0 Å². The normalized spacial score (nSPS) is 33.7. The average molecular weight is 313 g/mol. The van der Waals surface area contributed by atoms with Crippen LogP contribution in [0.2, 0.25) is 0 Å². The van der Waals surface area contributed by atoms with E-state index in [-0.39, 0.29) is 12.4 Å². The van der Waals surface area contributed by atoms with Gasteiger partial charge in [0.1, 0.15) is 0 Å². The maximum Gasteiger partial charge on any atom is 0.161 e. The van der Waals surface area contributed by atoms with Crippen molar-refractivity contribution >= 4 is 0 Å². The Morgan fingerprint density at radius 1 is 0.591 bits per heavy atom. The molecule has 1 heterocycles. The molecule has 132 valence electrons. The van der Waals surface area contributed by atoms with Crippen molar-refractivity contribution in [3.8, 4) is 0 Å². The second-order valence-electron chi connectivity index (χ2n) is 8.86. The highest BCUT2D eigenvalue weighted by atomic mass is 16.7. The van der Waals surface area contributed by atoms with E-state index in [1.54, 1.807) is 0 Å². The SMILES string of the molecule is CC(C)OC1OC(C(C)C)C(C(C)C)C(C(C)C)C1C(C)C. The van der Waals surface area contributed by atoms with Crippen molar-refractivity contribution in [3.05, 3.63) is 0 Å². The first-order valence-electron chi connectivity index (χ1n) is 9.38. The van der Waals surface area contributed by atoms with Gasteiger partial charge in [-0.1, -0.05) is 55.4 Å². The summed E-state index contributed by atoms with van der Waals surface area (Å²) < 4.78 is 12.8. The van der Waals surface area contributed by atoms with Crippen molar-refractivity contribution in [1.82, 2.24) is 0 Å². The van der Waals surface area contributed by atoms with E-state index in [2.05, 4.69) is 69.2 Å². The predicted molar refractivity (Wildman–Crippen MR) is 94.7 cm³/mol. The van der Waals surface area contributed by atoms with Crippen LogP contribution in [0.15, 0.2) is 0 Å². The van der Waals surface area contributed by atoms with Crippen molar-refractivity contribution in [2.24, 2.45) is 41.4 Å². The molecule has 0 aliphatic carbocycles. The van der Waals surface area contributed by atoms with E-state index in [4.69, 9.17) is 9.47 Å². The van der Waals surface area contributed by atoms with Crippen molar-refractivity contribution in [2.75, 3.05) is 0 Å². The molecule has 1 aliphatic heterocycles. The molecule has 0 amide bonds. The van der Waals surface area contributed by atoms with Crippen LogP contribution in [0.4, 0.5) is 0 Å². The quantitative estimate of drug-likeness (QED) is 0.634. The van der Waals surface area contributed by atoms with Gasteiger partial charge in [0.2, 0.25) is 0 Å². The second kappa shape index (κ2) is 8.15. The Balaban J connectivity index is 3.24. The summed E-state index contributed by atoms with van der Waals surface area (Å²) in [6.07, 6.45) is 0.448. The molecule has 0 N–H and O–H groups in total. The van der Waals surface area contributed by atoms with Crippen LogP contribution in [0.3, 0.4) is 0 Å². The van der Waals surface area contributed by atoms with Gasteiger partial charge in [0.25, 0.3) is 0 Å². The summed E-state index contributed by atoms with van der Waals surface area (Å²) in [6.45, 7) is 22.9. The molecule has 0 radical (unpaired) electrons.